The summed E-state index contributed by atoms with van der Waals surface area (Å²) in [7, 11) is 0. The van der Waals surface area contributed by atoms with E-state index in [1.807, 2.05) is 68.4 Å². The van der Waals surface area contributed by atoms with E-state index < -0.39 is 23.5 Å². The van der Waals surface area contributed by atoms with E-state index in [0.29, 0.717) is 24.3 Å². The Balaban J connectivity index is 1.81. The number of aliphatic hydroxyl groups is 1. The lowest BCUT2D eigenvalue weighted by molar-refractivity contribution is -0.124. The zero-order chi connectivity index (χ0) is 26.0. The molecule has 0 saturated carbocycles. The summed E-state index contributed by atoms with van der Waals surface area (Å²) in [6.45, 7) is 4.07. The highest BCUT2D eigenvalue weighted by Crippen LogP contribution is 2.41. The van der Waals surface area contributed by atoms with Crippen LogP contribution in [0.4, 0.5) is 10.5 Å². The number of ether oxygens (including phenoxy) is 2. The van der Waals surface area contributed by atoms with E-state index in [1.165, 1.54) is 6.08 Å². The summed E-state index contributed by atoms with van der Waals surface area (Å²) < 4.78 is 11.5. The Labute approximate surface area is 210 Å². The smallest absolute Gasteiger partial charge is 0.412 e. The SMILES string of the molecule is CC(C)(CC/C=C/C(=O)NO)[C@H](OC(=O)Nc1cccc2ccccc12)c1ccc(OCCO)cc1. The molecule has 0 bridgehead atoms. The molecular formula is C28H32N2O6. The van der Waals surface area contributed by atoms with Crippen molar-refractivity contribution in [3.05, 3.63) is 84.4 Å². The van der Waals surface area contributed by atoms with Crippen LogP contribution in [-0.2, 0) is 9.53 Å². The molecule has 2 amide bonds. The first kappa shape index (κ1) is 26.7. The predicted molar refractivity (Wildman–Crippen MR) is 138 cm³/mol. The number of rotatable bonds is 11. The summed E-state index contributed by atoms with van der Waals surface area (Å²) >= 11 is 0. The van der Waals surface area contributed by atoms with Gasteiger partial charge in [-0.25, -0.2) is 10.3 Å². The Bertz CT molecular complexity index is 1180. The third kappa shape index (κ3) is 7.31. The quantitative estimate of drug-likeness (QED) is 0.162. The van der Waals surface area contributed by atoms with Crippen molar-refractivity contribution in [1.29, 1.82) is 0 Å². The van der Waals surface area contributed by atoms with Gasteiger partial charge in [-0.15, -0.1) is 0 Å². The number of hydrogen-bond acceptors (Lipinski definition) is 6. The van der Waals surface area contributed by atoms with Crippen molar-refractivity contribution in [1.82, 2.24) is 5.48 Å². The summed E-state index contributed by atoms with van der Waals surface area (Å²) in [5.74, 6) is -0.00366. The maximum Gasteiger partial charge on any atom is 0.412 e. The van der Waals surface area contributed by atoms with E-state index in [2.05, 4.69) is 5.32 Å². The van der Waals surface area contributed by atoms with E-state index in [9.17, 15) is 9.59 Å². The zero-order valence-corrected chi connectivity index (χ0v) is 20.4. The van der Waals surface area contributed by atoms with Crippen molar-refractivity contribution in [3.8, 4) is 5.75 Å². The molecule has 0 aromatic heterocycles. The lowest BCUT2D eigenvalue weighted by Gasteiger charge is -2.34. The number of hydroxylamine groups is 1. The molecule has 8 heteroatoms. The number of fused-ring (bicyclic) bond motifs is 1. The van der Waals surface area contributed by atoms with Crippen molar-refractivity contribution in [3.63, 3.8) is 0 Å². The third-order valence-electron chi connectivity index (χ3n) is 5.84. The van der Waals surface area contributed by atoms with Gasteiger partial charge >= 0.3 is 6.09 Å². The average molecular weight is 493 g/mol. The minimum atomic E-state index is -0.612. The fourth-order valence-electron chi connectivity index (χ4n) is 3.98. The van der Waals surface area contributed by atoms with Gasteiger partial charge in [0.25, 0.3) is 5.91 Å². The van der Waals surface area contributed by atoms with Crippen LogP contribution in [0.3, 0.4) is 0 Å². The molecule has 3 aromatic carbocycles. The summed E-state index contributed by atoms with van der Waals surface area (Å²) in [5, 5.41) is 22.4. The van der Waals surface area contributed by atoms with E-state index in [0.717, 1.165) is 16.3 Å². The van der Waals surface area contributed by atoms with Gasteiger partial charge in [0.05, 0.1) is 12.3 Å². The molecule has 8 nitrogen and oxygen atoms in total. The number of aliphatic hydroxyl groups excluding tert-OH is 1. The van der Waals surface area contributed by atoms with Crippen LogP contribution in [-0.4, -0.2) is 35.5 Å². The largest absolute Gasteiger partial charge is 0.491 e. The van der Waals surface area contributed by atoms with E-state index in [1.54, 1.807) is 23.7 Å². The van der Waals surface area contributed by atoms with Gasteiger partial charge in [0, 0.05) is 16.9 Å². The molecule has 0 aliphatic heterocycles. The standard InChI is InChI=1S/C28H32N2O6/c1-28(2,17-6-5-12-25(32)30-34)26(21-13-15-22(16-14-21)35-19-18-31)36-27(33)29-24-11-7-9-20-8-3-4-10-23(20)24/h3-5,7-16,26,31,34H,6,17-19H2,1-2H3,(H,29,33)(H,30,32)/b12-5+/t26-/m1/s1. The lowest BCUT2D eigenvalue weighted by atomic mass is 9.78. The molecule has 3 rings (SSSR count). The molecule has 0 spiro atoms. The summed E-state index contributed by atoms with van der Waals surface area (Å²) in [6.07, 6.45) is 2.85. The molecule has 190 valence electrons. The van der Waals surface area contributed by atoms with Crippen LogP contribution >= 0.6 is 0 Å². The third-order valence-corrected chi connectivity index (χ3v) is 5.84. The first-order valence-corrected chi connectivity index (χ1v) is 11.7. The van der Waals surface area contributed by atoms with Crippen LogP contribution in [0.15, 0.2) is 78.9 Å². The molecule has 0 heterocycles. The van der Waals surface area contributed by atoms with Crippen LogP contribution in [0.25, 0.3) is 10.8 Å². The van der Waals surface area contributed by atoms with Gasteiger partial charge in [0.1, 0.15) is 18.5 Å². The fourth-order valence-corrected chi connectivity index (χ4v) is 3.98. The average Bonchev–Trinajstić information content (AvgIpc) is 2.89. The highest BCUT2D eigenvalue weighted by Gasteiger charge is 2.34. The number of nitrogens with one attached hydrogen (secondary N) is 2. The van der Waals surface area contributed by atoms with Gasteiger partial charge in [0.2, 0.25) is 0 Å². The van der Waals surface area contributed by atoms with Gasteiger partial charge < -0.3 is 14.6 Å². The van der Waals surface area contributed by atoms with Crippen LogP contribution < -0.4 is 15.5 Å². The van der Waals surface area contributed by atoms with Gasteiger partial charge in [-0.3, -0.25) is 15.3 Å². The van der Waals surface area contributed by atoms with Crippen LogP contribution in [0.2, 0.25) is 0 Å². The van der Waals surface area contributed by atoms with E-state index >= 15 is 0 Å². The van der Waals surface area contributed by atoms with Gasteiger partial charge in [0.15, 0.2) is 0 Å². The highest BCUT2D eigenvalue weighted by molar-refractivity contribution is 6.00. The Hall–Kier alpha value is -3.88. The number of benzene rings is 3. The molecule has 1 atom stereocenters. The number of carbonyl (C=O) groups excluding carboxylic acids is 2. The first-order chi connectivity index (χ1) is 17.3. The number of carbonyl (C=O) groups is 2. The number of anilines is 1. The normalized spacial score (nSPS) is 12.3. The summed E-state index contributed by atoms with van der Waals surface area (Å²) in [6, 6.07) is 20.6. The highest BCUT2D eigenvalue weighted by atomic mass is 16.6. The second-order valence-electron chi connectivity index (χ2n) is 8.98. The van der Waals surface area contributed by atoms with Crippen molar-refractivity contribution >= 4 is 28.5 Å². The molecule has 3 aromatic rings. The van der Waals surface area contributed by atoms with Gasteiger partial charge in [-0.2, -0.15) is 0 Å². The molecule has 0 radical (unpaired) electrons. The monoisotopic (exact) mass is 492 g/mol. The van der Waals surface area contributed by atoms with Crippen molar-refractivity contribution in [2.75, 3.05) is 18.5 Å². The number of hydrogen-bond donors (Lipinski definition) is 4. The summed E-state index contributed by atoms with van der Waals surface area (Å²) in [5.41, 5.74) is 2.48. The maximum atomic E-state index is 13.1. The van der Waals surface area contributed by atoms with Crippen molar-refractivity contribution in [2.24, 2.45) is 5.41 Å². The molecule has 0 aliphatic rings. The van der Waals surface area contributed by atoms with E-state index in [-0.39, 0.29) is 13.2 Å². The van der Waals surface area contributed by atoms with Crippen LogP contribution in [0.5, 0.6) is 5.75 Å². The maximum absolute atomic E-state index is 13.1. The predicted octanol–water partition coefficient (Wildman–Crippen LogP) is 5.37. The Morgan fingerprint density at radius 3 is 2.47 bits per heavy atom. The van der Waals surface area contributed by atoms with E-state index in [4.69, 9.17) is 19.8 Å². The first-order valence-electron chi connectivity index (χ1n) is 11.7. The molecular weight excluding hydrogens is 460 g/mol. The van der Waals surface area contributed by atoms with Crippen molar-refractivity contribution < 1.29 is 29.4 Å². The molecule has 4 N–H and O–H groups in total. The minimum absolute atomic E-state index is 0.0866. The second-order valence-corrected chi connectivity index (χ2v) is 8.98. The van der Waals surface area contributed by atoms with Gasteiger partial charge in [-0.05, 0) is 42.0 Å². The summed E-state index contributed by atoms with van der Waals surface area (Å²) in [4.78, 5) is 24.3. The number of amides is 2. The molecule has 0 fully saturated rings. The Kier molecular flexibility index (Phi) is 9.44. The zero-order valence-electron chi connectivity index (χ0n) is 20.4. The molecule has 36 heavy (non-hydrogen) atoms. The van der Waals surface area contributed by atoms with Crippen LogP contribution in [0.1, 0.15) is 38.4 Å². The topological polar surface area (TPSA) is 117 Å². The Morgan fingerprint density at radius 1 is 1.03 bits per heavy atom. The van der Waals surface area contributed by atoms with Crippen LogP contribution in [0, 0.1) is 5.41 Å². The lowest BCUT2D eigenvalue weighted by Crippen LogP contribution is -2.29. The minimum Gasteiger partial charge on any atom is -0.491 e. The Morgan fingerprint density at radius 2 is 1.75 bits per heavy atom. The number of allylic oxidation sites excluding steroid dienone is 1. The second kappa shape index (κ2) is 12.7. The fraction of sp³-hybridized carbons (Fsp3) is 0.286. The molecule has 0 saturated heterocycles. The molecule has 0 aliphatic carbocycles. The van der Waals surface area contributed by atoms with Crippen molar-refractivity contribution in [2.45, 2.75) is 32.8 Å². The van der Waals surface area contributed by atoms with Gasteiger partial charge in [-0.1, -0.05) is 68.5 Å². The molecule has 0 unspecified atom stereocenters.